The fraction of sp³-hybridized carbons (Fsp3) is 0.733. The zero-order valence-electron chi connectivity index (χ0n) is 12.2. The third kappa shape index (κ3) is 3.82. The zero-order valence-corrected chi connectivity index (χ0v) is 12.2. The fourth-order valence-electron chi connectivity index (χ4n) is 2.75. The molecule has 0 unspecified atom stereocenters. The quantitative estimate of drug-likeness (QED) is 0.790. The first-order valence-corrected chi connectivity index (χ1v) is 7.66. The second kappa shape index (κ2) is 7.31. The van der Waals surface area contributed by atoms with Crippen LogP contribution in [0.4, 0.5) is 11.6 Å². The van der Waals surface area contributed by atoms with Gasteiger partial charge in [-0.25, -0.2) is 9.97 Å². The molecular weight excluding hydrogens is 236 g/mol. The zero-order chi connectivity index (χ0) is 13.5. The molecule has 0 aliphatic heterocycles. The van der Waals surface area contributed by atoms with Crippen LogP contribution in [0, 0.1) is 5.92 Å². The molecule has 0 spiro atoms. The molecule has 1 aliphatic rings. The van der Waals surface area contributed by atoms with Gasteiger partial charge in [-0.1, -0.05) is 26.7 Å². The Morgan fingerprint density at radius 2 is 1.79 bits per heavy atom. The van der Waals surface area contributed by atoms with Gasteiger partial charge < -0.3 is 10.6 Å². The lowest BCUT2D eigenvalue weighted by molar-refractivity contribution is 0.578. The Kier molecular flexibility index (Phi) is 5.43. The molecule has 0 aromatic carbocycles. The number of rotatable bonds is 7. The molecule has 2 rings (SSSR count). The summed E-state index contributed by atoms with van der Waals surface area (Å²) in [4.78, 5) is 8.78. The van der Waals surface area contributed by atoms with E-state index in [1.807, 2.05) is 0 Å². The van der Waals surface area contributed by atoms with Crippen LogP contribution in [0.15, 0.2) is 6.33 Å². The Labute approximate surface area is 116 Å². The monoisotopic (exact) mass is 262 g/mol. The van der Waals surface area contributed by atoms with E-state index in [-0.39, 0.29) is 0 Å². The smallest absolute Gasteiger partial charge is 0.134 e. The SMILES string of the molecule is CCCNc1ncnc(NCC2CCCC2)c1CC. The number of aromatic nitrogens is 2. The van der Waals surface area contributed by atoms with E-state index in [0.717, 1.165) is 43.5 Å². The summed E-state index contributed by atoms with van der Waals surface area (Å²) >= 11 is 0. The molecule has 0 radical (unpaired) electrons. The van der Waals surface area contributed by atoms with Crippen molar-refractivity contribution in [3.63, 3.8) is 0 Å². The first-order valence-electron chi connectivity index (χ1n) is 7.66. The average Bonchev–Trinajstić information content (AvgIpc) is 2.96. The van der Waals surface area contributed by atoms with E-state index in [2.05, 4.69) is 34.4 Å². The normalized spacial score (nSPS) is 15.7. The Morgan fingerprint density at radius 3 is 2.42 bits per heavy atom. The molecule has 4 nitrogen and oxygen atoms in total. The van der Waals surface area contributed by atoms with Crippen molar-refractivity contribution < 1.29 is 0 Å². The van der Waals surface area contributed by atoms with Gasteiger partial charge in [0.1, 0.15) is 18.0 Å². The van der Waals surface area contributed by atoms with E-state index in [0.29, 0.717) is 0 Å². The van der Waals surface area contributed by atoms with Crippen LogP contribution in [0.2, 0.25) is 0 Å². The third-order valence-corrected chi connectivity index (χ3v) is 3.87. The molecule has 0 bridgehead atoms. The van der Waals surface area contributed by atoms with E-state index >= 15 is 0 Å². The number of hydrogen-bond acceptors (Lipinski definition) is 4. The largest absolute Gasteiger partial charge is 0.370 e. The molecule has 1 saturated carbocycles. The van der Waals surface area contributed by atoms with Crippen LogP contribution < -0.4 is 10.6 Å². The second-order valence-corrected chi connectivity index (χ2v) is 5.36. The summed E-state index contributed by atoms with van der Waals surface area (Å²) in [5.41, 5.74) is 1.22. The summed E-state index contributed by atoms with van der Waals surface area (Å²) in [5, 5.41) is 6.92. The molecule has 106 valence electrons. The fourth-order valence-corrected chi connectivity index (χ4v) is 2.75. The van der Waals surface area contributed by atoms with Crippen LogP contribution in [0.1, 0.15) is 51.5 Å². The van der Waals surface area contributed by atoms with Crippen molar-refractivity contribution in [3.8, 4) is 0 Å². The first kappa shape index (κ1) is 14.1. The number of hydrogen-bond donors (Lipinski definition) is 2. The summed E-state index contributed by atoms with van der Waals surface area (Å²) < 4.78 is 0. The molecule has 0 amide bonds. The van der Waals surface area contributed by atoms with E-state index in [1.165, 1.54) is 31.2 Å². The molecule has 0 saturated heterocycles. The van der Waals surface area contributed by atoms with Gasteiger partial charge in [0.05, 0.1) is 0 Å². The van der Waals surface area contributed by atoms with Gasteiger partial charge in [0, 0.05) is 18.7 Å². The van der Waals surface area contributed by atoms with Crippen LogP contribution in [0.25, 0.3) is 0 Å². The van der Waals surface area contributed by atoms with Crippen LogP contribution in [-0.4, -0.2) is 23.1 Å². The van der Waals surface area contributed by atoms with Crippen LogP contribution >= 0.6 is 0 Å². The lowest BCUT2D eigenvalue weighted by Crippen LogP contribution is -2.15. The van der Waals surface area contributed by atoms with E-state index in [9.17, 15) is 0 Å². The van der Waals surface area contributed by atoms with E-state index < -0.39 is 0 Å². The van der Waals surface area contributed by atoms with E-state index in [4.69, 9.17) is 0 Å². The molecule has 4 heteroatoms. The average molecular weight is 262 g/mol. The Morgan fingerprint density at radius 1 is 1.11 bits per heavy atom. The standard InChI is InChI=1S/C15H26N4/c1-3-9-16-14-13(4-2)15(19-11-18-14)17-10-12-7-5-6-8-12/h11-12H,3-10H2,1-2H3,(H2,16,17,18,19). The highest BCUT2D eigenvalue weighted by molar-refractivity contribution is 5.57. The van der Waals surface area contributed by atoms with Crippen molar-refractivity contribution in [3.05, 3.63) is 11.9 Å². The molecule has 1 aliphatic carbocycles. The van der Waals surface area contributed by atoms with Gasteiger partial charge in [-0.15, -0.1) is 0 Å². The number of anilines is 2. The van der Waals surface area contributed by atoms with Crippen molar-refractivity contribution >= 4 is 11.6 Å². The summed E-state index contributed by atoms with van der Waals surface area (Å²) in [6.07, 6.45) is 9.23. The minimum atomic E-state index is 0.826. The highest BCUT2D eigenvalue weighted by Gasteiger charge is 2.16. The summed E-state index contributed by atoms with van der Waals surface area (Å²) in [6, 6.07) is 0. The van der Waals surface area contributed by atoms with Crippen molar-refractivity contribution in [2.24, 2.45) is 5.92 Å². The van der Waals surface area contributed by atoms with E-state index in [1.54, 1.807) is 6.33 Å². The predicted molar refractivity (Wildman–Crippen MR) is 80.6 cm³/mol. The third-order valence-electron chi connectivity index (χ3n) is 3.87. The second-order valence-electron chi connectivity index (χ2n) is 5.36. The Bertz CT molecular complexity index is 386. The molecule has 19 heavy (non-hydrogen) atoms. The van der Waals surface area contributed by atoms with Gasteiger partial charge in [0.2, 0.25) is 0 Å². The first-order chi connectivity index (χ1) is 9.35. The summed E-state index contributed by atoms with van der Waals surface area (Å²) in [7, 11) is 0. The molecule has 0 atom stereocenters. The summed E-state index contributed by atoms with van der Waals surface area (Å²) in [5.74, 6) is 2.84. The highest BCUT2D eigenvalue weighted by atomic mass is 15.1. The molecule has 1 heterocycles. The lowest BCUT2D eigenvalue weighted by Gasteiger charge is -2.16. The topological polar surface area (TPSA) is 49.8 Å². The van der Waals surface area contributed by atoms with Crippen molar-refractivity contribution in [1.82, 2.24) is 9.97 Å². The maximum absolute atomic E-state index is 4.42. The highest BCUT2D eigenvalue weighted by Crippen LogP contribution is 2.26. The van der Waals surface area contributed by atoms with Gasteiger partial charge in [-0.2, -0.15) is 0 Å². The maximum Gasteiger partial charge on any atom is 0.134 e. The number of nitrogens with one attached hydrogen (secondary N) is 2. The van der Waals surface area contributed by atoms with Gasteiger partial charge in [-0.3, -0.25) is 0 Å². The van der Waals surface area contributed by atoms with Gasteiger partial charge >= 0.3 is 0 Å². The van der Waals surface area contributed by atoms with Crippen LogP contribution in [0.3, 0.4) is 0 Å². The molecule has 1 aromatic rings. The number of nitrogens with zero attached hydrogens (tertiary/aromatic N) is 2. The molecule has 2 N–H and O–H groups in total. The Hall–Kier alpha value is -1.32. The van der Waals surface area contributed by atoms with Gasteiger partial charge in [0.25, 0.3) is 0 Å². The predicted octanol–water partition coefficient (Wildman–Crippen LogP) is 3.46. The van der Waals surface area contributed by atoms with Gasteiger partial charge in [0.15, 0.2) is 0 Å². The van der Waals surface area contributed by atoms with Crippen LogP contribution in [-0.2, 0) is 6.42 Å². The molecule has 1 fully saturated rings. The van der Waals surface area contributed by atoms with Crippen molar-refractivity contribution in [1.29, 1.82) is 0 Å². The lowest BCUT2D eigenvalue weighted by atomic mass is 10.1. The summed E-state index contributed by atoms with van der Waals surface area (Å²) in [6.45, 7) is 6.35. The Balaban J connectivity index is 2.01. The maximum atomic E-state index is 4.42. The minimum absolute atomic E-state index is 0.826. The van der Waals surface area contributed by atoms with Crippen molar-refractivity contribution in [2.45, 2.75) is 52.4 Å². The van der Waals surface area contributed by atoms with Crippen LogP contribution in [0.5, 0.6) is 0 Å². The molecule has 1 aromatic heterocycles. The van der Waals surface area contributed by atoms with Gasteiger partial charge in [-0.05, 0) is 31.6 Å². The minimum Gasteiger partial charge on any atom is -0.370 e. The molecular formula is C15H26N4. The van der Waals surface area contributed by atoms with Crippen molar-refractivity contribution in [2.75, 3.05) is 23.7 Å².